The number of phosphoric acid groups is 1. The average Bonchev–Trinajstić information content (AvgIpc) is 3.03. The minimum atomic E-state index is -4.77. The van der Waals surface area contributed by atoms with Crippen LogP contribution in [-0.2, 0) is 28.2 Å². The van der Waals surface area contributed by atoms with Gasteiger partial charge in [0.15, 0.2) is 6.10 Å². The van der Waals surface area contributed by atoms with E-state index in [1.165, 1.54) is 38.5 Å². The fourth-order valence-electron chi connectivity index (χ4n) is 4.82. The standard InChI is InChI=1S/C38H67O9P/c1-35(2)29-25-21-17-13-12-15-18-22-26-30-37(40)45-33-36(34-46-48(42,43)44)47-38(41)31-27-23-19-14-10-8-6-4-3-5-7-9-11-16-20-24-28-32-39/h3,5-6,8-9,11,14,19,35-36,39H,4,7,10,12-13,15-18,20-34H2,1-2H3,(H2,42,43,44)/b5-3-,8-6-,11-9-,19-14-/t36-/m1/s1. The first-order chi connectivity index (χ1) is 23.1. The molecule has 0 aliphatic heterocycles. The van der Waals surface area contributed by atoms with Crippen molar-refractivity contribution < 1.29 is 43.0 Å². The smallest absolute Gasteiger partial charge is 0.462 e. The normalized spacial score (nSPS) is 13.1. The lowest BCUT2D eigenvalue weighted by Crippen LogP contribution is -2.29. The van der Waals surface area contributed by atoms with E-state index in [1.807, 2.05) is 12.2 Å². The molecule has 0 radical (unpaired) electrons. The van der Waals surface area contributed by atoms with E-state index in [-0.39, 0.29) is 26.1 Å². The molecule has 0 aliphatic carbocycles. The third kappa shape index (κ3) is 36.8. The Balaban J connectivity index is 4.09. The molecular formula is C38H67O9P. The van der Waals surface area contributed by atoms with Crippen LogP contribution in [0.5, 0.6) is 0 Å². The van der Waals surface area contributed by atoms with E-state index in [9.17, 15) is 14.2 Å². The topological polar surface area (TPSA) is 140 Å². The summed E-state index contributed by atoms with van der Waals surface area (Å²) in [6, 6.07) is 0. The van der Waals surface area contributed by atoms with Crippen LogP contribution in [0.1, 0.15) is 149 Å². The van der Waals surface area contributed by atoms with Crippen LogP contribution in [0.25, 0.3) is 0 Å². The Hall–Kier alpha value is -2.03. The van der Waals surface area contributed by atoms with Gasteiger partial charge in [-0.2, -0.15) is 0 Å². The Morgan fingerprint density at radius 3 is 1.62 bits per heavy atom. The molecule has 0 amide bonds. The van der Waals surface area contributed by atoms with Gasteiger partial charge in [-0.1, -0.05) is 127 Å². The lowest BCUT2D eigenvalue weighted by molar-refractivity contribution is -0.161. The number of hydrogen-bond acceptors (Lipinski definition) is 7. The molecule has 0 aromatic carbocycles. The summed E-state index contributed by atoms with van der Waals surface area (Å²) >= 11 is 0. The summed E-state index contributed by atoms with van der Waals surface area (Å²) in [5, 5.41) is 8.76. The number of esters is 2. The third-order valence-electron chi connectivity index (χ3n) is 7.58. The number of hydrogen-bond donors (Lipinski definition) is 3. The van der Waals surface area contributed by atoms with Gasteiger partial charge in [-0.3, -0.25) is 14.1 Å². The van der Waals surface area contributed by atoms with Crippen molar-refractivity contribution in [3.05, 3.63) is 48.6 Å². The van der Waals surface area contributed by atoms with Crippen LogP contribution in [-0.4, -0.2) is 52.8 Å². The van der Waals surface area contributed by atoms with Gasteiger partial charge in [0.2, 0.25) is 0 Å². The average molecular weight is 699 g/mol. The van der Waals surface area contributed by atoms with Crippen molar-refractivity contribution in [1.82, 2.24) is 0 Å². The van der Waals surface area contributed by atoms with E-state index in [4.69, 9.17) is 24.4 Å². The van der Waals surface area contributed by atoms with Crippen molar-refractivity contribution in [3.63, 3.8) is 0 Å². The van der Waals surface area contributed by atoms with Crippen LogP contribution >= 0.6 is 7.82 Å². The number of phosphoric ester groups is 1. The van der Waals surface area contributed by atoms with Crippen LogP contribution in [0.2, 0.25) is 0 Å². The highest BCUT2D eigenvalue weighted by Gasteiger charge is 2.22. The van der Waals surface area contributed by atoms with Gasteiger partial charge in [-0.15, -0.1) is 0 Å². The van der Waals surface area contributed by atoms with Gasteiger partial charge >= 0.3 is 19.8 Å². The minimum absolute atomic E-state index is 0.125. The number of ether oxygens (including phenoxy) is 2. The van der Waals surface area contributed by atoms with Gasteiger partial charge in [0.05, 0.1) is 6.61 Å². The number of rotatable bonds is 33. The molecule has 0 aromatic rings. The Bertz CT molecular complexity index is 936. The fourth-order valence-corrected chi connectivity index (χ4v) is 5.18. The summed E-state index contributed by atoms with van der Waals surface area (Å²) in [6.07, 6.45) is 35.8. The van der Waals surface area contributed by atoms with E-state index in [0.29, 0.717) is 19.3 Å². The zero-order chi connectivity index (χ0) is 35.6. The number of aliphatic hydroxyl groups is 1. The van der Waals surface area contributed by atoms with Crippen LogP contribution in [0, 0.1) is 5.92 Å². The summed E-state index contributed by atoms with van der Waals surface area (Å²) in [5.74, 6) is -0.187. The Kier molecular flexibility index (Phi) is 32.1. The van der Waals surface area contributed by atoms with Gasteiger partial charge in [0.1, 0.15) is 6.61 Å². The maximum atomic E-state index is 12.3. The predicted molar refractivity (Wildman–Crippen MR) is 194 cm³/mol. The molecule has 0 bridgehead atoms. The van der Waals surface area contributed by atoms with Crippen molar-refractivity contribution in [2.45, 2.75) is 155 Å². The third-order valence-corrected chi connectivity index (χ3v) is 8.07. The molecule has 0 aliphatic rings. The van der Waals surface area contributed by atoms with Gasteiger partial charge in [0, 0.05) is 19.4 Å². The largest absolute Gasteiger partial charge is 0.469 e. The number of carbonyl (C=O) groups is 2. The summed E-state index contributed by atoms with van der Waals surface area (Å²) in [4.78, 5) is 42.6. The van der Waals surface area contributed by atoms with Crippen molar-refractivity contribution in [2.75, 3.05) is 19.8 Å². The van der Waals surface area contributed by atoms with E-state index in [1.54, 1.807) is 0 Å². The van der Waals surface area contributed by atoms with E-state index >= 15 is 0 Å². The van der Waals surface area contributed by atoms with Gasteiger partial charge in [-0.05, 0) is 63.7 Å². The second-order valence-electron chi connectivity index (χ2n) is 12.8. The highest BCUT2D eigenvalue weighted by molar-refractivity contribution is 7.46. The van der Waals surface area contributed by atoms with Crippen molar-refractivity contribution >= 4 is 19.8 Å². The zero-order valence-electron chi connectivity index (χ0n) is 30.0. The molecule has 0 saturated carbocycles. The molecule has 0 unspecified atom stereocenters. The molecule has 0 heterocycles. The SMILES string of the molecule is CC(C)CCCCCCCCCCCC(=O)OC[C@H](COP(=O)(O)O)OC(=O)CCC/C=C\C/C=C\C/C=C\C/C=C\CCCCCO. The molecule has 1 atom stereocenters. The number of aliphatic hydroxyl groups excluding tert-OH is 1. The van der Waals surface area contributed by atoms with Crippen LogP contribution in [0.3, 0.4) is 0 Å². The molecule has 278 valence electrons. The summed E-state index contributed by atoms with van der Waals surface area (Å²) in [6.45, 7) is 3.92. The second kappa shape index (κ2) is 33.5. The summed E-state index contributed by atoms with van der Waals surface area (Å²) in [7, 11) is -4.77. The van der Waals surface area contributed by atoms with Crippen molar-refractivity contribution in [1.29, 1.82) is 0 Å². The molecule has 0 aromatic heterocycles. The number of carbonyl (C=O) groups excluding carboxylic acids is 2. The highest BCUT2D eigenvalue weighted by atomic mass is 31.2. The molecule has 9 nitrogen and oxygen atoms in total. The first-order valence-corrected chi connectivity index (χ1v) is 19.9. The van der Waals surface area contributed by atoms with Crippen molar-refractivity contribution in [2.24, 2.45) is 5.92 Å². The first-order valence-electron chi connectivity index (χ1n) is 18.4. The second-order valence-corrected chi connectivity index (χ2v) is 14.0. The molecule has 0 rings (SSSR count). The monoisotopic (exact) mass is 698 g/mol. The van der Waals surface area contributed by atoms with E-state index in [0.717, 1.165) is 70.1 Å². The maximum absolute atomic E-state index is 12.3. The van der Waals surface area contributed by atoms with E-state index in [2.05, 4.69) is 54.8 Å². The molecule has 10 heteroatoms. The van der Waals surface area contributed by atoms with Gasteiger partial charge in [-0.25, -0.2) is 4.57 Å². The van der Waals surface area contributed by atoms with Crippen LogP contribution in [0.4, 0.5) is 0 Å². The predicted octanol–water partition coefficient (Wildman–Crippen LogP) is 9.62. The molecule has 3 N–H and O–H groups in total. The number of allylic oxidation sites excluding steroid dienone is 8. The van der Waals surface area contributed by atoms with Crippen molar-refractivity contribution in [3.8, 4) is 0 Å². The fraction of sp³-hybridized carbons (Fsp3) is 0.737. The van der Waals surface area contributed by atoms with Gasteiger partial charge in [0.25, 0.3) is 0 Å². The highest BCUT2D eigenvalue weighted by Crippen LogP contribution is 2.36. The quantitative estimate of drug-likeness (QED) is 0.0265. The first kappa shape index (κ1) is 46.0. The number of unbranched alkanes of at least 4 members (excludes halogenated alkanes) is 12. The van der Waals surface area contributed by atoms with Crippen LogP contribution < -0.4 is 0 Å². The van der Waals surface area contributed by atoms with E-state index < -0.39 is 32.5 Å². The molecular weight excluding hydrogens is 631 g/mol. The summed E-state index contributed by atoms with van der Waals surface area (Å²) in [5.41, 5.74) is 0. The maximum Gasteiger partial charge on any atom is 0.469 e. The zero-order valence-corrected chi connectivity index (χ0v) is 30.9. The summed E-state index contributed by atoms with van der Waals surface area (Å²) < 4.78 is 26.2. The Morgan fingerprint density at radius 1 is 0.604 bits per heavy atom. The van der Waals surface area contributed by atoms with Gasteiger partial charge < -0.3 is 24.4 Å². The lowest BCUT2D eigenvalue weighted by Gasteiger charge is -2.18. The lowest BCUT2D eigenvalue weighted by atomic mass is 10.0. The molecule has 0 saturated heterocycles. The van der Waals surface area contributed by atoms with Crippen LogP contribution in [0.15, 0.2) is 48.6 Å². The minimum Gasteiger partial charge on any atom is -0.462 e. The Morgan fingerprint density at radius 2 is 1.08 bits per heavy atom. The molecule has 0 fully saturated rings. The molecule has 48 heavy (non-hydrogen) atoms. The molecule has 0 spiro atoms. The Labute approximate surface area is 291 Å².